The second kappa shape index (κ2) is 14.5. The van der Waals surface area contributed by atoms with Gasteiger partial charge in [-0.2, -0.15) is 0 Å². The fourth-order valence-electron chi connectivity index (χ4n) is 7.52. The van der Waals surface area contributed by atoms with E-state index in [-0.39, 0.29) is 0 Å². The molecule has 0 spiro atoms. The number of rotatable bonds is 1. The number of halogens is 3. The Morgan fingerprint density at radius 2 is 1.06 bits per heavy atom. The minimum atomic E-state index is 0.795. The highest BCUT2D eigenvalue weighted by molar-refractivity contribution is 6.32. The zero-order valence-corrected chi connectivity index (χ0v) is 29.0. The summed E-state index contributed by atoms with van der Waals surface area (Å²) in [6.45, 7) is 4.11. The summed E-state index contributed by atoms with van der Waals surface area (Å²) in [5.41, 5.74) is 15.3. The Kier molecular flexibility index (Phi) is 9.99. The monoisotopic (exact) mass is 684 g/mol. The first-order chi connectivity index (χ1) is 23.0. The zero-order chi connectivity index (χ0) is 32.3. The maximum absolute atomic E-state index is 6.49. The number of methoxy groups -OCH3 is 1. The molecule has 242 valence electrons. The second-order valence-electron chi connectivity index (χ2n) is 12.5. The largest absolute Gasteiger partial charge is 0.496 e. The number of aryl methyl sites for hydroxylation is 2. The van der Waals surface area contributed by atoms with Crippen LogP contribution in [0.1, 0.15) is 70.5 Å². The Hall–Kier alpha value is -3.19. The van der Waals surface area contributed by atoms with Crippen molar-refractivity contribution in [3.05, 3.63) is 132 Å². The van der Waals surface area contributed by atoms with Crippen molar-refractivity contribution >= 4 is 45.9 Å². The molecule has 0 unspecified atom stereocenters. The smallest absolute Gasteiger partial charge is 0.125 e. The third-order valence-electron chi connectivity index (χ3n) is 9.79. The molecule has 4 heterocycles. The molecule has 0 amide bonds. The standard InChI is InChI=1S/C20H21ClN2O.C19H18Cl2N2/c1-24-18-8-11-23-20-17(18)4-2-14-12-15(21)3-5-16(14)19(20)13-6-9-22-10-7-13;20-14-2-4-15-13(11-14)1-3-16-17(21)7-10-23-19(16)18(15)12-5-8-22-9-6-12/h3,5,8,11-12,22H,2,4,6-7,9-10H2,1H3;2,4,7,10-11,22H,1,3,5-6,8-9H2. The molecule has 0 saturated carbocycles. The predicted octanol–water partition coefficient (Wildman–Crippen LogP) is 8.70. The van der Waals surface area contributed by atoms with E-state index in [1.54, 1.807) is 7.11 Å². The number of pyridine rings is 2. The van der Waals surface area contributed by atoms with Gasteiger partial charge in [0.05, 0.1) is 18.5 Å². The van der Waals surface area contributed by atoms with Gasteiger partial charge in [-0.05, 0) is 142 Å². The third kappa shape index (κ3) is 6.75. The van der Waals surface area contributed by atoms with Crippen LogP contribution >= 0.6 is 34.8 Å². The number of benzene rings is 2. The number of nitrogens with one attached hydrogen (secondary N) is 2. The zero-order valence-electron chi connectivity index (χ0n) is 26.7. The van der Waals surface area contributed by atoms with Gasteiger partial charge in [-0.1, -0.05) is 58.1 Å². The molecule has 8 heteroatoms. The number of piperidine rings is 2. The molecule has 2 saturated heterocycles. The lowest BCUT2D eigenvalue weighted by atomic mass is 9.89. The maximum Gasteiger partial charge on any atom is 0.125 e. The molecule has 2 aromatic heterocycles. The van der Waals surface area contributed by atoms with Crippen LogP contribution in [0.3, 0.4) is 0 Å². The van der Waals surface area contributed by atoms with Crippen molar-refractivity contribution in [1.82, 2.24) is 20.6 Å². The molecule has 2 aromatic carbocycles. The van der Waals surface area contributed by atoms with E-state index in [1.807, 2.05) is 36.7 Å². The van der Waals surface area contributed by atoms with E-state index < -0.39 is 0 Å². The van der Waals surface area contributed by atoms with Gasteiger partial charge >= 0.3 is 0 Å². The van der Waals surface area contributed by atoms with Gasteiger partial charge in [-0.3, -0.25) is 9.97 Å². The number of hydrogen-bond acceptors (Lipinski definition) is 5. The number of aromatic nitrogens is 2. The van der Waals surface area contributed by atoms with Crippen molar-refractivity contribution in [2.75, 3.05) is 33.3 Å². The quantitative estimate of drug-likeness (QED) is 0.210. The Labute approximate surface area is 292 Å². The van der Waals surface area contributed by atoms with Crippen molar-refractivity contribution < 1.29 is 4.74 Å². The van der Waals surface area contributed by atoms with E-state index in [2.05, 4.69) is 34.9 Å². The highest BCUT2D eigenvalue weighted by Crippen LogP contribution is 2.41. The van der Waals surface area contributed by atoms with Crippen LogP contribution in [0.5, 0.6) is 5.75 Å². The van der Waals surface area contributed by atoms with Crippen LogP contribution in [0.2, 0.25) is 15.1 Å². The molecule has 2 aliphatic heterocycles. The lowest BCUT2D eigenvalue weighted by Crippen LogP contribution is -2.24. The van der Waals surface area contributed by atoms with Gasteiger partial charge in [0.1, 0.15) is 5.75 Å². The molecule has 0 bridgehead atoms. The molecule has 2 fully saturated rings. The number of nitrogens with zero attached hydrogens (tertiary/aromatic N) is 2. The number of fused-ring (bicyclic) bond motifs is 4. The van der Waals surface area contributed by atoms with Crippen LogP contribution in [-0.2, 0) is 25.7 Å². The maximum atomic E-state index is 6.49. The molecule has 8 rings (SSSR count). The molecule has 0 radical (unpaired) electrons. The number of ether oxygens (including phenoxy) is 1. The summed E-state index contributed by atoms with van der Waals surface area (Å²) >= 11 is 19.0. The molecular weight excluding hydrogens is 647 g/mol. The molecule has 2 aliphatic carbocycles. The van der Waals surface area contributed by atoms with E-state index in [4.69, 9.17) is 49.5 Å². The van der Waals surface area contributed by atoms with Gasteiger partial charge in [0, 0.05) is 44.2 Å². The van der Waals surface area contributed by atoms with E-state index in [1.165, 1.54) is 55.7 Å². The average Bonchev–Trinajstić information content (AvgIpc) is 3.37. The summed E-state index contributed by atoms with van der Waals surface area (Å²) in [5, 5.41) is 9.30. The van der Waals surface area contributed by atoms with Crippen molar-refractivity contribution in [2.45, 2.75) is 51.4 Å². The van der Waals surface area contributed by atoms with E-state index in [0.29, 0.717) is 0 Å². The topological polar surface area (TPSA) is 59.1 Å². The van der Waals surface area contributed by atoms with Crippen LogP contribution in [0.25, 0.3) is 11.1 Å². The van der Waals surface area contributed by atoms with Gasteiger partial charge in [0.25, 0.3) is 0 Å². The van der Waals surface area contributed by atoms with E-state index in [9.17, 15) is 0 Å². The van der Waals surface area contributed by atoms with Crippen molar-refractivity contribution in [3.8, 4) is 5.75 Å². The second-order valence-corrected chi connectivity index (χ2v) is 13.8. The van der Waals surface area contributed by atoms with Gasteiger partial charge in [-0.25, -0.2) is 0 Å². The van der Waals surface area contributed by atoms with Gasteiger partial charge < -0.3 is 15.4 Å². The Morgan fingerprint density at radius 1 is 0.574 bits per heavy atom. The Balaban J connectivity index is 0.000000150. The van der Waals surface area contributed by atoms with Gasteiger partial charge in [0.15, 0.2) is 0 Å². The first-order valence-corrected chi connectivity index (χ1v) is 17.7. The molecular formula is C39H39Cl3N4O. The molecule has 47 heavy (non-hydrogen) atoms. The fraction of sp³-hybridized carbons (Fsp3) is 0.333. The molecule has 4 aliphatic rings. The van der Waals surface area contributed by atoms with Crippen molar-refractivity contribution in [2.24, 2.45) is 0 Å². The first-order valence-electron chi connectivity index (χ1n) is 16.6. The van der Waals surface area contributed by atoms with Crippen LogP contribution < -0.4 is 15.4 Å². The molecule has 4 aromatic rings. The lowest BCUT2D eigenvalue weighted by Gasteiger charge is -2.22. The first kappa shape index (κ1) is 32.4. The summed E-state index contributed by atoms with van der Waals surface area (Å²) in [6, 6.07) is 16.4. The van der Waals surface area contributed by atoms with Crippen LogP contribution in [-0.4, -0.2) is 43.3 Å². The summed E-state index contributed by atoms with van der Waals surface area (Å²) < 4.78 is 5.63. The average molecular weight is 686 g/mol. The fourth-order valence-corrected chi connectivity index (χ4v) is 8.15. The minimum absolute atomic E-state index is 0.795. The lowest BCUT2D eigenvalue weighted by molar-refractivity contribution is 0.408. The van der Waals surface area contributed by atoms with Crippen LogP contribution in [0.15, 0.2) is 72.1 Å². The SMILES string of the molecule is COc1ccnc2c1CCc1cc(Cl)ccc1C2=C1CCNCC1.Clc1ccc2c(c1)CCc1c(Cl)ccnc1C2=C1CCNCC1. The molecule has 2 N–H and O–H groups in total. The van der Waals surface area contributed by atoms with Gasteiger partial charge in [-0.15, -0.1) is 0 Å². The summed E-state index contributed by atoms with van der Waals surface area (Å²) in [6.07, 6.45) is 11.7. The Bertz CT molecular complexity index is 1870. The summed E-state index contributed by atoms with van der Waals surface area (Å²) in [4.78, 5) is 9.50. The summed E-state index contributed by atoms with van der Waals surface area (Å²) in [5.74, 6) is 0.936. The van der Waals surface area contributed by atoms with Gasteiger partial charge in [0.2, 0.25) is 0 Å². The van der Waals surface area contributed by atoms with Crippen molar-refractivity contribution in [1.29, 1.82) is 0 Å². The highest BCUT2D eigenvalue weighted by Gasteiger charge is 2.27. The van der Waals surface area contributed by atoms with Crippen molar-refractivity contribution in [3.63, 3.8) is 0 Å². The van der Waals surface area contributed by atoms with E-state index in [0.717, 1.165) is 110 Å². The predicted molar refractivity (Wildman–Crippen MR) is 194 cm³/mol. The normalized spacial score (nSPS) is 17.3. The number of hydrogen-bond donors (Lipinski definition) is 2. The van der Waals surface area contributed by atoms with E-state index >= 15 is 0 Å². The van der Waals surface area contributed by atoms with Crippen LogP contribution in [0.4, 0.5) is 0 Å². The highest BCUT2D eigenvalue weighted by atomic mass is 35.5. The summed E-state index contributed by atoms with van der Waals surface area (Å²) in [7, 11) is 1.74. The van der Waals surface area contributed by atoms with Crippen LogP contribution in [0, 0.1) is 0 Å². The third-order valence-corrected chi connectivity index (χ3v) is 10.6. The minimum Gasteiger partial charge on any atom is -0.496 e. The molecule has 0 atom stereocenters. The molecule has 5 nitrogen and oxygen atoms in total. The Morgan fingerprint density at radius 3 is 1.60 bits per heavy atom.